The van der Waals surface area contributed by atoms with Crippen LogP contribution in [-0.4, -0.2) is 16.2 Å². The van der Waals surface area contributed by atoms with E-state index in [1.165, 1.54) is 6.07 Å². The second kappa shape index (κ2) is 3.33. The minimum absolute atomic E-state index is 0.0937. The number of fused-ring (bicyclic) bond motifs is 1. The molecule has 1 N–H and O–H groups in total. The van der Waals surface area contributed by atoms with Gasteiger partial charge in [0, 0.05) is 11.5 Å². The largest absolute Gasteiger partial charge is 0.512 e. The summed E-state index contributed by atoms with van der Waals surface area (Å²) < 4.78 is 4.43. The quantitative estimate of drug-likeness (QED) is 0.699. The van der Waals surface area contributed by atoms with Gasteiger partial charge in [-0.1, -0.05) is 18.2 Å². The van der Waals surface area contributed by atoms with Crippen molar-refractivity contribution in [3.8, 4) is 5.88 Å². The van der Waals surface area contributed by atoms with Gasteiger partial charge in [-0.15, -0.1) is 0 Å². The lowest BCUT2D eigenvalue weighted by Crippen LogP contribution is -2.04. The Kier molecular flexibility index (Phi) is 2.02. The summed E-state index contributed by atoms with van der Waals surface area (Å²) in [6.45, 7) is 0. The van der Waals surface area contributed by atoms with Crippen LogP contribution in [0.4, 0.5) is 4.79 Å². The molecule has 0 atom stereocenters. The molecule has 0 aliphatic heterocycles. The summed E-state index contributed by atoms with van der Waals surface area (Å²) in [5, 5.41) is 9.33. The van der Waals surface area contributed by atoms with Crippen molar-refractivity contribution in [2.24, 2.45) is 0 Å². The van der Waals surface area contributed by atoms with Gasteiger partial charge in [0.1, 0.15) is 0 Å². The lowest BCUT2D eigenvalue weighted by atomic mass is 10.2. The highest BCUT2D eigenvalue weighted by molar-refractivity contribution is 5.79. The van der Waals surface area contributed by atoms with E-state index < -0.39 is 6.16 Å². The molecule has 0 aliphatic rings. The minimum Gasteiger partial charge on any atom is -0.449 e. The van der Waals surface area contributed by atoms with Crippen molar-refractivity contribution in [3.05, 3.63) is 36.4 Å². The van der Waals surface area contributed by atoms with Gasteiger partial charge in [-0.25, -0.2) is 9.78 Å². The van der Waals surface area contributed by atoms with Gasteiger partial charge in [0.15, 0.2) is 0 Å². The highest BCUT2D eigenvalue weighted by Gasteiger charge is 2.02. The van der Waals surface area contributed by atoms with E-state index >= 15 is 0 Å². The third-order valence-electron chi connectivity index (χ3n) is 1.76. The number of rotatable bonds is 1. The second-order valence-corrected chi connectivity index (χ2v) is 2.71. The molecular weight excluding hydrogens is 182 g/mol. The fourth-order valence-electron chi connectivity index (χ4n) is 1.19. The molecule has 70 valence electrons. The maximum atomic E-state index is 10.2. The van der Waals surface area contributed by atoms with Crippen molar-refractivity contribution < 1.29 is 14.6 Å². The van der Waals surface area contributed by atoms with Crippen molar-refractivity contribution in [2.45, 2.75) is 0 Å². The maximum Gasteiger partial charge on any atom is 0.512 e. The number of hydrogen-bond donors (Lipinski definition) is 1. The minimum atomic E-state index is -1.35. The van der Waals surface area contributed by atoms with E-state index in [0.29, 0.717) is 5.52 Å². The molecule has 4 heteroatoms. The predicted molar refractivity (Wildman–Crippen MR) is 50.4 cm³/mol. The lowest BCUT2D eigenvalue weighted by molar-refractivity contribution is 0.142. The normalized spacial score (nSPS) is 10.0. The Bertz CT molecular complexity index is 482. The summed E-state index contributed by atoms with van der Waals surface area (Å²) in [5.74, 6) is 0.0937. The van der Waals surface area contributed by atoms with Gasteiger partial charge in [0.25, 0.3) is 0 Å². The number of carboxylic acid groups (broad SMARTS) is 1. The highest BCUT2D eigenvalue weighted by atomic mass is 16.7. The number of pyridine rings is 1. The van der Waals surface area contributed by atoms with Crippen molar-refractivity contribution in [1.29, 1.82) is 0 Å². The molecule has 0 saturated heterocycles. The van der Waals surface area contributed by atoms with Gasteiger partial charge >= 0.3 is 6.16 Å². The van der Waals surface area contributed by atoms with Crippen molar-refractivity contribution >= 4 is 17.1 Å². The monoisotopic (exact) mass is 189 g/mol. The number of aromatic nitrogens is 1. The van der Waals surface area contributed by atoms with Crippen LogP contribution in [-0.2, 0) is 0 Å². The number of ether oxygens (including phenoxy) is 1. The Morgan fingerprint density at radius 2 is 2.00 bits per heavy atom. The van der Waals surface area contributed by atoms with Crippen LogP contribution >= 0.6 is 0 Å². The lowest BCUT2D eigenvalue weighted by Gasteiger charge is -2.00. The Morgan fingerprint density at radius 3 is 2.79 bits per heavy atom. The molecule has 1 aromatic carbocycles. The summed E-state index contributed by atoms with van der Waals surface area (Å²) >= 11 is 0. The van der Waals surface area contributed by atoms with Gasteiger partial charge in [0.2, 0.25) is 5.88 Å². The molecule has 2 rings (SSSR count). The third-order valence-corrected chi connectivity index (χ3v) is 1.76. The van der Waals surface area contributed by atoms with E-state index in [-0.39, 0.29) is 5.88 Å². The molecule has 4 nitrogen and oxygen atoms in total. The molecule has 14 heavy (non-hydrogen) atoms. The van der Waals surface area contributed by atoms with Crippen LogP contribution in [0, 0.1) is 0 Å². The number of hydrogen-bond acceptors (Lipinski definition) is 3. The first-order valence-electron chi connectivity index (χ1n) is 4.02. The number of para-hydroxylation sites is 1. The SMILES string of the molecule is O=C(O)Oc1ccc2ccccc2n1. The molecule has 0 bridgehead atoms. The molecule has 0 radical (unpaired) electrons. The second-order valence-electron chi connectivity index (χ2n) is 2.71. The van der Waals surface area contributed by atoms with Gasteiger partial charge < -0.3 is 9.84 Å². The first-order valence-corrected chi connectivity index (χ1v) is 4.02. The molecule has 0 fully saturated rings. The standard InChI is InChI=1S/C10H7NO3/c12-10(13)14-9-6-5-7-3-1-2-4-8(7)11-9/h1-6H,(H,12,13). The molecule has 1 heterocycles. The highest BCUT2D eigenvalue weighted by Crippen LogP contribution is 2.15. The van der Waals surface area contributed by atoms with E-state index in [2.05, 4.69) is 9.72 Å². The van der Waals surface area contributed by atoms with Crippen LogP contribution in [0.15, 0.2) is 36.4 Å². The van der Waals surface area contributed by atoms with Crippen molar-refractivity contribution in [1.82, 2.24) is 4.98 Å². The number of carbonyl (C=O) groups is 1. The average molecular weight is 189 g/mol. The average Bonchev–Trinajstić information content (AvgIpc) is 2.17. The maximum absolute atomic E-state index is 10.2. The van der Waals surface area contributed by atoms with Crippen LogP contribution in [0.5, 0.6) is 5.88 Å². The summed E-state index contributed by atoms with van der Waals surface area (Å²) in [4.78, 5) is 14.3. The summed E-state index contributed by atoms with van der Waals surface area (Å²) in [7, 11) is 0. The van der Waals surface area contributed by atoms with Gasteiger partial charge in [-0.05, 0) is 12.1 Å². The zero-order valence-corrected chi connectivity index (χ0v) is 7.18. The van der Waals surface area contributed by atoms with Crippen LogP contribution in [0.25, 0.3) is 10.9 Å². The van der Waals surface area contributed by atoms with Crippen LogP contribution in [0.2, 0.25) is 0 Å². The van der Waals surface area contributed by atoms with E-state index in [9.17, 15) is 4.79 Å². The van der Waals surface area contributed by atoms with Crippen molar-refractivity contribution in [3.63, 3.8) is 0 Å². The molecule has 0 aliphatic carbocycles. The van der Waals surface area contributed by atoms with Gasteiger partial charge in [-0.3, -0.25) is 0 Å². The Balaban J connectivity index is 2.46. The summed E-state index contributed by atoms with van der Waals surface area (Å²) in [6.07, 6.45) is -1.35. The van der Waals surface area contributed by atoms with Crippen LogP contribution < -0.4 is 4.74 Å². The van der Waals surface area contributed by atoms with E-state index in [0.717, 1.165) is 5.39 Å². The van der Waals surface area contributed by atoms with Gasteiger partial charge in [0.05, 0.1) is 5.52 Å². The zero-order valence-electron chi connectivity index (χ0n) is 7.18. The van der Waals surface area contributed by atoms with Crippen LogP contribution in [0.1, 0.15) is 0 Å². The number of nitrogens with zero attached hydrogens (tertiary/aromatic N) is 1. The fourth-order valence-corrected chi connectivity index (χ4v) is 1.19. The first-order chi connectivity index (χ1) is 6.75. The van der Waals surface area contributed by atoms with Crippen LogP contribution in [0.3, 0.4) is 0 Å². The predicted octanol–water partition coefficient (Wildman–Crippen LogP) is 2.29. The Morgan fingerprint density at radius 1 is 1.21 bits per heavy atom. The molecule has 0 amide bonds. The molecule has 0 saturated carbocycles. The van der Waals surface area contributed by atoms with E-state index in [1.807, 2.05) is 18.2 Å². The van der Waals surface area contributed by atoms with E-state index in [4.69, 9.17) is 5.11 Å². The molecule has 2 aromatic rings. The topological polar surface area (TPSA) is 59.4 Å². The zero-order chi connectivity index (χ0) is 9.97. The third kappa shape index (κ3) is 1.64. The smallest absolute Gasteiger partial charge is 0.449 e. The summed E-state index contributed by atoms with van der Waals surface area (Å²) in [6, 6.07) is 10.7. The molecule has 0 spiro atoms. The van der Waals surface area contributed by atoms with E-state index in [1.54, 1.807) is 12.1 Å². The van der Waals surface area contributed by atoms with Crippen molar-refractivity contribution in [2.75, 3.05) is 0 Å². The van der Waals surface area contributed by atoms with Gasteiger partial charge in [-0.2, -0.15) is 0 Å². The Hall–Kier alpha value is -2.10. The molecule has 1 aromatic heterocycles. The number of benzene rings is 1. The fraction of sp³-hybridized carbons (Fsp3) is 0. The Labute approximate surface area is 79.8 Å². The first kappa shape index (κ1) is 8.50. The molecule has 0 unspecified atom stereocenters. The summed E-state index contributed by atoms with van der Waals surface area (Å²) in [5.41, 5.74) is 0.714. The molecular formula is C10H7NO3.